The first-order chi connectivity index (χ1) is 13.0. The van der Waals surface area contributed by atoms with Crippen LogP contribution in [0.1, 0.15) is 100 Å². The second-order valence-electron chi connectivity index (χ2n) is 7.26. The first kappa shape index (κ1) is 23.0. The summed E-state index contributed by atoms with van der Waals surface area (Å²) in [5.74, 6) is -0.960. The maximum Gasteiger partial charge on any atom is 0.303 e. The SMILES string of the molecule is O=C(O)CCCCCCCCCCCCCCC(=O)c1ccc(O)cc1O. The lowest BCUT2D eigenvalue weighted by atomic mass is 10.0. The van der Waals surface area contributed by atoms with E-state index in [1.54, 1.807) is 0 Å². The lowest BCUT2D eigenvalue weighted by Gasteiger charge is -2.05. The number of phenols is 2. The summed E-state index contributed by atoms with van der Waals surface area (Å²) < 4.78 is 0. The zero-order valence-corrected chi connectivity index (χ0v) is 16.3. The molecule has 0 fully saturated rings. The van der Waals surface area contributed by atoms with Crippen molar-refractivity contribution >= 4 is 11.8 Å². The van der Waals surface area contributed by atoms with Gasteiger partial charge in [-0.3, -0.25) is 9.59 Å². The van der Waals surface area contributed by atoms with Crippen LogP contribution in [0.25, 0.3) is 0 Å². The molecule has 0 aromatic heterocycles. The Morgan fingerprint density at radius 1 is 0.667 bits per heavy atom. The normalized spacial score (nSPS) is 10.8. The predicted molar refractivity (Wildman–Crippen MR) is 106 cm³/mol. The lowest BCUT2D eigenvalue weighted by Crippen LogP contribution is -1.99. The Morgan fingerprint density at radius 2 is 1.11 bits per heavy atom. The molecule has 0 aliphatic rings. The van der Waals surface area contributed by atoms with E-state index < -0.39 is 5.97 Å². The number of aromatic hydroxyl groups is 2. The average molecular weight is 379 g/mol. The quantitative estimate of drug-likeness (QED) is 0.249. The lowest BCUT2D eigenvalue weighted by molar-refractivity contribution is -0.137. The molecule has 3 N–H and O–H groups in total. The third kappa shape index (κ3) is 11.3. The standard InChI is InChI=1S/C22H34O5/c23-18-15-16-19(21(25)17-18)20(24)13-11-9-7-5-3-1-2-4-6-8-10-12-14-22(26)27/h15-17,23,25H,1-14H2,(H,26,27). The van der Waals surface area contributed by atoms with E-state index in [9.17, 15) is 19.8 Å². The number of ketones is 1. The fourth-order valence-electron chi connectivity index (χ4n) is 3.22. The maximum absolute atomic E-state index is 12.0. The molecule has 27 heavy (non-hydrogen) atoms. The second kappa shape index (κ2) is 14.1. The van der Waals surface area contributed by atoms with Gasteiger partial charge in [0.25, 0.3) is 0 Å². The van der Waals surface area contributed by atoms with Crippen molar-refractivity contribution in [2.45, 2.75) is 89.9 Å². The molecule has 0 amide bonds. The van der Waals surface area contributed by atoms with Crippen LogP contribution >= 0.6 is 0 Å². The van der Waals surface area contributed by atoms with Gasteiger partial charge in [0.05, 0.1) is 5.56 Å². The van der Waals surface area contributed by atoms with Crippen LogP contribution in [-0.2, 0) is 4.79 Å². The number of rotatable bonds is 16. The van der Waals surface area contributed by atoms with Crippen molar-refractivity contribution in [1.29, 1.82) is 0 Å². The highest BCUT2D eigenvalue weighted by Crippen LogP contribution is 2.24. The molecular formula is C22H34O5. The predicted octanol–water partition coefficient (Wildman–Crippen LogP) is 5.83. The van der Waals surface area contributed by atoms with Crippen molar-refractivity contribution in [3.05, 3.63) is 23.8 Å². The molecule has 0 saturated heterocycles. The molecule has 1 rings (SSSR count). The average Bonchev–Trinajstić information content (AvgIpc) is 2.61. The smallest absolute Gasteiger partial charge is 0.303 e. The van der Waals surface area contributed by atoms with Crippen LogP contribution in [0.3, 0.4) is 0 Å². The van der Waals surface area contributed by atoms with E-state index in [2.05, 4.69) is 0 Å². The summed E-state index contributed by atoms with van der Waals surface area (Å²) in [6.07, 6.45) is 14.0. The van der Waals surface area contributed by atoms with Crippen LogP contribution in [0.2, 0.25) is 0 Å². The van der Waals surface area contributed by atoms with Gasteiger partial charge in [-0.2, -0.15) is 0 Å². The maximum atomic E-state index is 12.0. The van der Waals surface area contributed by atoms with Crippen molar-refractivity contribution in [3.8, 4) is 11.5 Å². The number of carbonyl (C=O) groups excluding carboxylic acids is 1. The Morgan fingerprint density at radius 3 is 1.56 bits per heavy atom. The summed E-state index contributed by atoms with van der Waals surface area (Å²) in [4.78, 5) is 22.4. The van der Waals surface area contributed by atoms with Crippen LogP contribution < -0.4 is 0 Å². The van der Waals surface area contributed by atoms with Gasteiger partial charge >= 0.3 is 5.97 Å². The Balaban J connectivity index is 1.90. The number of carboxylic acids is 1. The van der Waals surface area contributed by atoms with Crippen molar-refractivity contribution in [1.82, 2.24) is 0 Å². The van der Waals surface area contributed by atoms with Gasteiger partial charge in [0.15, 0.2) is 5.78 Å². The summed E-state index contributed by atoms with van der Waals surface area (Å²) in [5.41, 5.74) is 0.288. The number of unbranched alkanes of at least 4 members (excludes halogenated alkanes) is 11. The summed E-state index contributed by atoms with van der Waals surface area (Å²) in [7, 11) is 0. The van der Waals surface area contributed by atoms with Crippen molar-refractivity contribution < 1.29 is 24.9 Å². The highest BCUT2D eigenvalue weighted by molar-refractivity contribution is 5.98. The molecule has 0 heterocycles. The molecular weight excluding hydrogens is 344 g/mol. The molecule has 0 atom stereocenters. The Kier molecular flexibility index (Phi) is 12.0. The third-order valence-corrected chi connectivity index (χ3v) is 4.83. The Labute approximate surface area is 162 Å². The molecule has 0 radical (unpaired) electrons. The van der Waals surface area contributed by atoms with Crippen LogP contribution in [0.5, 0.6) is 11.5 Å². The summed E-state index contributed by atoms with van der Waals surface area (Å²) in [5, 5.41) is 27.5. The third-order valence-electron chi connectivity index (χ3n) is 4.83. The highest BCUT2D eigenvalue weighted by atomic mass is 16.4. The minimum atomic E-state index is -0.696. The van der Waals surface area contributed by atoms with E-state index in [1.165, 1.54) is 56.7 Å². The minimum absolute atomic E-state index is 0.0396. The molecule has 0 aliphatic carbocycles. The topological polar surface area (TPSA) is 94.8 Å². The highest BCUT2D eigenvalue weighted by Gasteiger charge is 2.11. The minimum Gasteiger partial charge on any atom is -0.508 e. The Hall–Kier alpha value is -2.04. The zero-order chi connectivity index (χ0) is 19.9. The number of carbonyl (C=O) groups is 2. The molecule has 0 spiro atoms. The first-order valence-corrected chi connectivity index (χ1v) is 10.3. The summed E-state index contributed by atoms with van der Waals surface area (Å²) in [6.45, 7) is 0. The van der Waals surface area contributed by atoms with Crippen molar-refractivity contribution in [2.75, 3.05) is 0 Å². The van der Waals surface area contributed by atoms with Gasteiger partial charge in [-0.1, -0.05) is 64.2 Å². The number of hydrogen-bond donors (Lipinski definition) is 3. The van der Waals surface area contributed by atoms with E-state index in [-0.39, 0.29) is 22.8 Å². The number of phenolic OH excluding ortho intramolecular Hbond substituents is 2. The van der Waals surface area contributed by atoms with E-state index in [0.29, 0.717) is 12.8 Å². The molecule has 1 aromatic carbocycles. The molecule has 0 unspecified atom stereocenters. The van der Waals surface area contributed by atoms with Gasteiger partial charge in [0.2, 0.25) is 0 Å². The first-order valence-electron chi connectivity index (χ1n) is 10.3. The van der Waals surface area contributed by atoms with Gasteiger partial charge in [0, 0.05) is 18.9 Å². The van der Waals surface area contributed by atoms with Gasteiger partial charge in [-0.25, -0.2) is 0 Å². The van der Waals surface area contributed by atoms with Crippen LogP contribution in [0.4, 0.5) is 0 Å². The van der Waals surface area contributed by atoms with E-state index in [4.69, 9.17) is 5.11 Å². The van der Waals surface area contributed by atoms with Crippen LogP contribution in [0.15, 0.2) is 18.2 Å². The largest absolute Gasteiger partial charge is 0.508 e. The number of hydrogen-bond acceptors (Lipinski definition) is 4. The van der Waals surface area contributed by atoms with Crippen molar-refractivity contribution in [2.24, 2.45) is 0 Å². The molecule has 0 bridgehead atoms. The zero-order valence-electron chi connectivity index (χ0n) is 16.3. The van der Waals surface area contributed by atoms with Gasteiger partial charge < -0.3 is 15.3 Å². The molecule has 152 valence electrons. The molecule has 1 aromatic rings. The number of aliphatic carboxylic acids is 1. The second-order valence-corrected chi connectivity index (χ2v) is 7.26. The fraction of sp³-hybridized carbons (Fsp3) is 0.636. The summed E-state index contributed by atoms with van der Waals surface area (Å²) in [6, 6.07) is 4.09. The molecule has 0 saturated carbocycles. The number of carboxylic acid groups (broad SMARTS) is 1. The molecule has 0 aliphatic heterocycles. The van der Waals surface area contributed by atoms with E-state index >= 15 is 0 Å². The number of benzene rings is 1. The van der Waals surface area contributed by atoms with Crippen LogP contribution in [0, 0.1) is 0 Å². The van der Waals surface area contributed by atoms with E-state index in [0.717, 1.165) is 38.5 Å². The monoisotopic (exact) mass is 378 g/mol. The molecule has 5 heteroatoms. The van der Waals surface area contributed by atoms with Gasteiger partial charge in [-0.05, 0) is 25.0 Å². The van der Waals surface area contributed by atoms with Crippen molar-refractivity contribution in [3.63, 3.8) is 0 Å². The molecule has 5 nitrogen and oxygen atoms in total. The Bertz CT molecular complexity index is 568. The van der Waals surface area contributed by atoms with Gasteiger partial charge in [0.1, 0.15) is 11.5 Å². The number of Topliss-reactive ketones (excluding diaryl/α,β-unsaturated/α-hetero) is 1. The fourth-order valence-corrected chi connectivity index (χ4v) is 3.22. The van der Waals surface area contributed by atoms with Gasteiger partial charge in [-0.15, -0.1) is 0 Å². The summed E-state index contributed by atoms with van der Waals surface area (Å²) >= 11 is 0. The van der Waals surface area contributed by atoms with E-state index in [1.807, 2.05) is 0 Å². The van der Waals surface area contributed by atoms with Crippen LogP contribution in [-0.4, -0.2) is 27.1 Å².